The lowest BCUT2D eigenvalue weighted by atomic mass is 10.2. The highest BCUT2D eigenvalue weighted by Gasteiger charge is 2.10. The number of nitrogens with one attached hydrogen (secondary N) is 1. The zero-order chi connectivity index (χ0) is 21.1. The number of fused-ring (bicyclic) bond motifs is 1. The van der Waals surface area contributed by atoms with E-state index in [1.807, 2.05) is 19.1 Å². The van der Waals surface area contributed by atoms with Gasteiger partial charge >= 0.3 is 0 Å². The molecular formula is C23H18ClN3O3. The molecule has 150 valence electrons. The lowest BCUT2D eigenvalue weighted by molar-refractivity contribution is 0.102. The van der Waals surface area contributed by atoms with Crippen LogP contribution in [0.1, 0.15) is 21.6 Å². The van der Waals surface area contributed by atoms with Gasteiger partial charge in [0.1, 0.15) is 18.0 Å². The van der Waals surface area contributed by atoms with E-state index >= 15 is 0 Å². The number of pyridine rings is 1. The summed E-state index contributed by atoms with van der Waals surface area (Å²) in [5.41, 5.74) is 2.94. The fraction of sp³-hybridized carbons (Fsp3) is 0.0870. The highest BCUT2D eigenvalue weighted by molar-refractivity contribution is 6.34. The molecule has 0 bridgehead atoms. The van der Waals surface area contributed by atoms with Gasteiger partial charge in [0.05, 0.1) is 16.3 Å². The maximum absolute atomic E-state index is 12.3. The summed E-state index contributed by atoms with van der Waals surface area (Å²) in [4.78, 5) is 29.1. The quantitative estimate of drug-likeness (QED) is 0.517. The van der Waals surface area contributed by atoms with Crippen molar-refractivity contribution in [3.8, 4) is 5.75 Å². The first-order valence-corrected chi connectivity index (χ1v) is 9.66. The molecule has 2 heterocycles. The monoisotopic (exact) mass is 419 g/mol. The molecule has 0 spiro atoms. The molecule has 2 aromatic heterocycles. The summed E-state index contributed by atoms with van der Waals surface area (Å²) in [6.45, 7) is 2.06. The molecule has 1 amide bonds. The molecule has 0 aliphatic carbocycles. The summed E-state index contributed by atoms with van der Waals surface area (Å²) in [6.07, 6.45) is 1.69. The van der Waals surface area contributed by atoms with Crippen LogP contribution in [0.4, 0.5) is 5.69 Å². The Morgan fingerprint density at radius 2 is 1.87 bits per heavy atom. The number of anilines is 1. The second kappa shape index (κ2) is 8.39. The minimum absolute atomic E-state index is 0.153. The van der Waals surface area contributed by atoms with Gasteiger partial charge in [0.15, 0.2) is 0 Å². The number of hydrogen-bond donors (Lipinski definition) is 1. The van der Waals surface area contributed by atoms with Crippen LogP contribution in [0.5, 0.6) is 5.75 Å². The Morgan fingerprint density at radius 3 is 2.63 bits per heavy atom. The molecule has 2 aromatic carbocycles. The largest absolute Gasteiger partial charge is 0.487 e. The topological polar surface area (TPSA) is 72.7 Å². The molecule has 0 radical (unpaired) electrons. The molecule has 6 nitrogen and oxygen atoms in total. The van der Waals surface area contributed by atoms with Gasteiger partial charge in [0.25, 0.3) is 11.5 Å². The Hall–Kier alpha value is -3.64. The highest BCUT2D eigenvalue weighted by Crippen LogP contribution is 2.20. The fourth-order valence-electron chi connectivity index (χ4n) is 3.02. The first-order valence-electron chi connectivity index (χ1n) is 9.28. The third-order valence-electron chi connectivity index (χ3n) is 4.56. The molecule has 4 rings (SSSR count). The van der Waals surface area contributed by atoms with Crippen molar-refractivity contribution in [2.24, 2.45) is 0 Å². The minimum Gasteiger partial charge on any atom is -0.487 e. The second-order valence-electron chi connectivity index (χ2n) is 6.72. The van der Waals surface area contributed by atoms with E-state index in [9.17, 15) is 9.59 Å². The number of aromatic nitrogens is 2. The van der Waals surface area contributed by atoms with Gasteiger partial charge in [-0.1, -0.05) is 29.8 Å². The smallest absolute Gasteiger partial charge is 0.258 e. The normalized spacial score (nSPS) is 10.7. The van der Waals surface area contributed by atoms with Crippen LogP contribution in [-0.2, 0) is 6.61 Å². The van der Waals surface area contributed by atoms with Crippen LogP contribution in [0.15, 0.2) is 77.7 Å². The van der Waals surface area contributed by atoms with E-state index in [1.165, 1.54) is 10.5 Å². The maximum Gasteiger partial charge on any atom is 0.258 e. The number of rotatable bonds is 5. The predicted octanol–water partition coefficient (Wildman–Crippen LogP) is 4.49. The van der Waals surface area contributed by atoms with E-state index in [2.05, 4.69) is 10.3 Å². The number of hydrogen-bond acceptors (Lipinski definition) is 4. The van der Waals surface area contributed by atoms with Crippen molar-refractivity contribution in [3.63, 3.8) is 0 Å². The Labute approximate surface area is 177 Å². The van der Waals surface area contributed by atoms with Gasteiger partial charge in [-0.2, -0.15) is 0 Å². The summed E-state index contributed by atoms with van der Waals surface area (Å²) in [7, 11) is 0. The van der Waals surface area contributed by atoms with Gasteiger partial charge in [-0.15, -0.1) is 0 Å². The van der Waals surface area contributed by atoms with Crippen molar-refractivity contribution < 1.29 is 9.53 Å². The number of ether oxygens (including phenoxy) is 1. The van der Waals surface area contributed by atoms with Crippen molar-refractivity contribution in [1.82, 2.24) is 9.38 Å². The van der Waals surface area contributed by atoms with Crippen molar-refractivity contribution in [2.75, 3.05) is 5.32 Å². The van der Waals surface area contributed by atoms with E-state index < -0.39 is 0 Å². The lowest BCUT2D eigenvalue weighted by Gasteiger charge is -2.10. The van der Waals surface area contributed by atoms with Crippen LogP contribution in [0.3, 0.4) is 0 Å². The average Bonchev–Trinajstić information content (AvgIpc) is 2.74. The Morgan fingerprint density at radius 1 is 1.10 bits per heavy atom. The molecule has 4 aromatic rings. The SMILES string of the molecule is Cc1cccn2c(=O)cc(COc3ccc(NC(=O)c4ccccc4Cl)cc3)nc12. The van der Waals surface area contributed by atoms with Gasteiger partial charge < -0.3 is 10.1 Å². The van der Waals surface area contributed by atoms with E-state index in [-0.39, 0.29) is 18.1 Å². The van der Waals surface area contributed by atoms with Gasteiger partial charge in [-0.3, -0.25) is 14.0 Å². The Bertz CT molecular complexity index is 1280. The Balaban J connectivity index is 1.44. The number of aryl methyl sites for hydroxylation is 1. The molecule has 1 N–H and O–H groups in total. The molecular weight excluding hydrogens is 402 g/mol. The number of carbonyl (C=O) groups is 1. The zero-order valence-corrected chi connectivity index (χ0v) is 16.9. The van der Waals surface area contributed by atoms with Gasteiger partial charge in [-0.25, -0.2) is 4.98 Å². The molecule has 0 aliphatic rings. The molecule has 7 heteroatoms. The van der Waals surface area contributed by atoms with Crippen LogP contribution >= 0.6 is 11.6 Å². The van der Waals surface area contributed by atoms with Crippen molar-refractivity contribution in [2.45, 2.75) is 13.5 Å². The van der Waals surface area contributed by atoms with E-state index in [0.717, 1.165) is 5.56 Å². The number of nitrogens with zero attached hydrogens (tertiary/aromatic N) is 2. The molecule has 0 saturated heterocycles. The fourth-order valence-corrected chi connectivity index (χ4v) is 3.24. The van der Waals surface area contributed by atoms with Crippen molar-refractivity contribution in [3.05, 3.63) is 105 Å². The Kier molecular flexibility index (Phi) is 5.50. The van der Waals surface area contributed by atoms with E-state index in [4.69, 9.17) is 16.3 Å². The predicted molar refractivity (Wildman–Crippen MR) is 116 cm³/mol. The third kappa shape index (κ3) is 4.18. The summed E-state index contributed by atoms with van der Waals surface area (Å²) in [5, 5.41) is 3.19. The van der Waals surface area contributed by atoms with Gasteiger partial charge in [0.2, 0.25) is 0 Å². The zero-order valence-electron chi connectivity index (χ0n) is 16.1. The molecule has 30 heavy (non-hydrogen) atoms. The number of carbonyl (C=O) groups excluding carboxylic acids is 1. The molecule has 0 aliphatic heterocycles. The highest BCUT2D eigenvalue weighted by atomic mass is 35.5. The minimum atomic E-state index is -0.287. The van der Waals surface area contributed by atoms with Gasteiger partial charge in [0, 0.05) is 18.0 Å². The number of halogens is 1. The summed E-state index contributed by atoms with van der Waals surface area (Å²) in [5.74, 6) is 0.308. The number of benzene rings is 2. The van der Waals surface area contributed by atoms with Crippen molar-refractivity contribution in [1.29, 1.82) is 0 Å². The van der Waals surface area contributed by atoms with E-state index in [0.29, 0.717) is 33.4 Å². The van der Waals surface area contributed by atoms with Crippen LogP contribution in [0.2, 0.25) is 5.02 Å². The average molecular weight is 420 g/mol. The molecule has 0 unspecified atom stereocenters. The first kappa shape index (κ1) is 19.7. The van der Waals surface area contributed by atoms with Crippen LogP contribution in [-0.4, -0.2) is 15.3 Å². The van der Waals surface area contributed by atoms with E-state index in [1.54, 1.807) is 54.7 Å². The lowest BCUT2D eigenvalue weighted by Crippen LogP contribution is -2.17. The molecule has 0 fully saturated rings. The van der Waals surface area contributed by atoms with Gasteiger partial charge in [-0.05, 0) is 55.0 Å². The first-order chi connectivity index (χ1) is 14.5. The summed E-state index contributed by atoms with van der Waals surface area (Å²) < 4.78 is 7.26. The summed E-state index contributed by atoms with van der Waals surface area (Å²) in [6, 6.07) is 19.0. The second-order valence-corrected chi connectivity index (χ2v) is 7.12. The molecule has 0 atom stereocenters. The maximum atomic E-state index is 12.3. The van der Waals surface area contributed by atoms with Crippen LogP contribution in [0, 0.1) is 6.92 Å². The van der Waals surface area contributed by atoms with Crippen LogP contribution < -0.4 is 15.6 Å². The summed E-state index contributed by atoms with van der Waals surface area (Å²) >= 11 is 6.06. The number of amides is 1. The third-order valence-corrected chi connectivity index (χ3v) is 4.89. The standard InChI is InChI=1S/C23H18ClN3O3/c1-15-5-4-12-27-21(28)13-17(25-22(15)27)14-30-18-10-8-16(9-11-18)26-23(29)19-6-2-3-7-20(19)24/h2-13H,14H2,1H3,(H,26,29). The molecule has 0 saturated carbocycles. The van der Waals surface area contributed by atoms with Crippen LogP contribution in [0.25, 0.3) is 5.65 Å². The van der Waals surface area contributed by atoms with Crippen molar-refractivity contribution >= 4 is 28.8 Å².